The zero-order valence-electron chi connectivity index (χ0n) is 10.3. The SMILES string of the molecule is O=C(c1ccc(Cl)s1)N1CC(Oc2ncccc2Br)C1. The predicted octanol–water partition coefficient (Wildman–Crippen LogP) is 3.46. The minimum absolute atomic E-state index is 0.00170. The number of pyridine rings is 1. The van der Waals surface area contributed by atoms with E-state index in [1.807, 2.05) is 12.1 Å². The molecule has 104 valence electrons. The fourth-order valence-corrected chi connectivity index (χ4v) is 3.24. The number of thiophene rings is 1. The van der Waals surface area contributed by atoms with Crippen molar-refractivity contribution in [2.75, 3.05) is 13.1 Å². The van der Waals surface area contributed by atoms with Gasteiger partial charge in [-0.05, 0) is 40.2 Å². The summed E-state index contributed by atoms with van der Waals surface area (Å²) < 4.78 is 7.17. The smallest absolute Gasteiger partial charge is 0.264 e. The lowest BCUT2D eigenvalue weighted by Gasteiger charge is -2.38. The second-order valence-electron chi connectivity index (χ2n) is 4.34. The molecule has 3 heterocycles. The van der Waals surface area contributed by atoms with Crippen LogP contribution < -0.4 is 4.74 Å². The van der Waals surface area contributed by atoms with Crippen molar-refractivity contribution in [1.29, 1.82) is 0 Å². The van der Waals surface area contributed by atoms with Crippen LogP contribution in [-0.4, -0.2) is 35.0 Å². The van der Waals surface area contributed by atoms with Gasteiger partial charge in [0.15, 0.2) is 0 Å². The number of rotatable bonds is 3. The minimum Gasteiger partial charge on any atom is -0.470 e. The highest BCUT2D eigenvalue weighted by Gasteiger charge is 2.33. The van der Waals surface area contributed by atoms with Gasteiger partial charge >= 0.3 is 0 Å². The first-order valence-electron chi connectivity index (χ1n) is 5.95. The first-order chi connectivity index (χ1) is 9.63. The molecule has 2 aromatic rings. The van der Waals surface area contributed by atoms with Crippen LogP contribution in [0.15, 0.2) is 34.9 Å². The molecule has 3 rings (SSSR count). The Bertz CT molecular complexity index is 643. The summed E-state index contributed by atoms with van der Waals surface area (Å²) in [7, 11) is 0. The number of ether oxygens (including phenoxy) is 1. The number of hydrogen-bond donors (Lipinski definition) is 0. The summed E-state index contributed by atoms with van der Waals surface area (Å²) in [5.41, 5.74) is 0. The van der Waals surface area contributed by atoms with Crippen molar-refractivity contribution in [3.8, 4) is 5.88 Å². The normalized spacial score (nSPS) is 15.0. The Labute approximate surface area is 133 Å². The summed E-state index contributed by atoms with van der Waals surface area (Å²) in [6.45, 7) is 1.13. The van der Waals surface area contributed by atoms with Gasteiger partial charge < -0.3 is 9.64 Å². The van der Waals surface area contributed by atoms with Crippen LogP contribution in [-0.2, 0) is 0 Å². The van der Waals surface area contributed by atoms with E-state index in [0.29, 0.717) is 28.2 Å². The summed E-state index contributed by atoms with van der Waals surface area (Å²) in [6, 6.07) is 7.18. The molecule has 20 heavy (non-hydrogen) atoms. The number of carbonyl (C=O) groups excluding carboxylic acids is 1. The molecule has 0 bridgehead atoms. The van der Waals surface area contributed by atoms with E-state index in [1.165, 1.54) is 11.3 Å². The van der Waals surface area contributed by atoms with E-state index in [2.05, 4.69) is 20.9 Å². The molecule has 1 aliphatic rings. The minimum atomic E-state index is -0.0133. The summed E-state index contributed by atoms with van der Waals surface area (Å²) in [4.78, 5) is 18.6. The number of likely N-dealkylation sites (tertiary alicyclic amines) is 1. The summed E-state index contributed by atoms with van der Waals surface area (Å²) in [5.74, 6) is 0.561. The first-order valence-corrected chi connectivity index (χ1v) is 7.94. The average molecular weight is 374 g/mol. The van der Waals surface area contributed by atoms with E-state index in [4.69, 9.17) is 16.3 Å². The molecule has 0 radical (unpaired) electrons. The maximum Gasteiger partial charge on any atom is 0.264 e. The quantitative estimate of drug-likeness (QED) is 0.827. The number of aromatic nitrogens is 1. The lowest BCUT2D eigenvalue weighted by Crippen LogP contribution is -2.56. The fraction of sp³-hybridized carbons (Fsp3) is 0.231. The predicted molar refractivity (Wildman–Crippen MR) is 81.6 cm³/mol. The Morgan fingerprint density at radius 2 is 2.25 bits per heavy atom. The maximum absolute atomic E-state index is 12.1. The highest BCUT2D eigenvalue weighted by molar-refractivity contribution is 9.10. The highest BCUT2D eigenvalue weighted by atomic mass is 79.9. The molecule has 0 aliphatic carbocycles. The van der Waals surface area contributed by atoms with Gasteiger partial charge in [-0.25, -0.2) is 4.98 Å². The highest BCUT2D eigenvalue weighted by Crippen LogP contribution is 2.27. The van der Waals surface area contributed by atoms with Gasteiger partial charge in [0.2, 0.25) is 5.88 Å². The maximum atomic E-state index is 12.1. The number of halogens is 2. The van der Waals surface area contributed by atoms with E-state index in [9.17, 15) is 4.79 Å². The van der Waals surface area contributed by atoms with Gasteiger partial charge in [-0.3, -0.25) is 4.79 Å². The zero-order valence-corrected chi connectivity index (χ0v) is 13.4. The van der Waals surface area contributed by atoms with Crippen molar-refractivity contribution >= 4 is 44.8 Å². The van der Waals surface area contributed by atoms with Crippen LogP contribution >= 0.6 is 38.9 Å². The van der Waals surface area contributed by atoms with Gasteiger partial charge in [-0.1, -0.05) is 11.6 Å². The van der Waals surface area contributed by atoms with Crippen molar-refractivity contribution in [2.24, 2.45) is 0 Å². The fourth-order valence-electron chi connectivity index (χ4n) is 1.88. The standard InChI is InChI=1S/C13H10BrClN2O2S/c14-9-2-1-5-16-12(9)19-8-6-17(7-8)13(18)10-3-4-11(15)20-10/h1-5,8H,6-7H2. The number of hydrogen-bond acceptors (Lipinski definition) is 4. The first kappa shape index (κ1) is 13.9. The summed E-state index contributed by atoms with van der Waals surface area (Å²) >= 11 is 10.5. The molecule has 2 aromatic heterocycles. The Kier molecular flexibility index (Phi) is 3.96. The number of amides is 1. The second-order valence-corrected chi connectivity index (χ2v) is 6.91. The van der Waals surface area contributed by atoms with Gasteiger partial charge in [-0.15, -0.1) is 11.3 Å². The largest absolute Gasteiger partial charge is 0.470 e. The molecular formula is C13H10BrClN2O2S. The van der Waals surface area contributed by atoms with Crippen LogP contribution in [0.3, 0.4) is 0 Å². The van der Waals surface area contributed by atoms with Crippen molar-refractivity contribution in [3.63, 3.8) is 0 Å². The van der Waals surface area contributed by atoms with Crippen molar-refractivity contribution in [3.05, 3.63) is 44.1 Å². The monoisotopic (exact) mass is 372 g/mol. The molecule has 0 aromatic carbocycles. The molecule has 0 saturated carbocycles. The molecule has 0 atom stereocenters. The molecule has 0 unspecified atom stereocenters. The van der Waals surface area contributed by atoms with Gasteiger partial charge in [0.05, 0.1) is 26.8 Å². The van der Waals surface area contributed by atoms with Gasteiger partial charge in [0, 0.05) is 6.20 Å². The van der Waals surface area contributed by atoms with Gasteiger partial charge in [-0.2, -0.15) is 0 Å². The van der Waals surface area contributed by atoms with Crippen LogP contribution in [0.4, 0.5) is 0 Å². The van der Waals surface area contributed by atoms with Gasteiger partial charge in [0.1, 0.15) is 6.10 Å². The van der Waals surface area contributed by atoms with Crippen LogP contribution in [0.1, 0.15) is 9.67 Å². The molecule has 7 heteroatoms. The van der Waals surface area contributed by atoms with E-state index < -0.39 is 0 Å². The molecule has 1 saturated heterocycles. The Hall–Kier alpha value is -1.11. The van der Waals surface area contributed by atoms with E-state index in [-0.39, 0.29) is 12.0 Å². The van der Waals surface area contributed by atoms with E-state index in [1.54, 1.807) is 23.2 Å². The van der Waals surface area contributed by atoms with Crippen LogP contribution in [0.25, 0.3) is 0 Å². The lowest BCUT2D eigenvalue weighted by molar-refractivity contribution is 0.0160. The van der Waals surface area contributed by atoms with Crippen LogP contribution in [0.2, 0.25) is 4.34 Å². The Balaban J connectivity index is 1.57. The van der Waals surface area contributed by atoms with Crippen LogP contribution in [0.5, 0.6) is 5.88 Å². The summed E-state index contributed by atoms with van der Waals surface area (Å²) in [5, 5.41) is 0. The molecule has 4 nitrogen and oxygen atoms in total. The summed E-state index contributed by atoms with van der Waals surface area (Å²) in [6.07, 6.45) is 1.66. The Morgan fingerprint density at radius 3 is 2.90 bits per heavy atom. The van der Waals surface area contributed by atoms with E-state index in [0.717, 1.165) is 4.47 Å². The third kappa shape index (κ3) is 2.82. The molecule has 1 amide bonds. The molecule has 0 N–H and O–H groups in total. The molecular weight excluding hydrogens is 364 g/mol. The third-order valence-electron chi connectivity index (χ3n) is 2.92. The van der Waals surface area contributed by atoms with Gasteiger partial charge in [0.25, 0.3) is 5.91 Å². The number of nitrogens with zero attached hydrogens (tertiary/aromatic N) is 2. The lowest BCUT2D eigenvalue weighted by atomic mass is 10.1. The third-order valence-corrected chi connectivity index (χ3v) is 4.74. The molecule has 1 fully saturated rings. The molecule has 1 aliphatic heterocycles. The average Bonchev–Trinajstić information content (AvgIpc) is 2.81. The number of carbonyl (C=O) groups is 1. The van der Waals surface area contributed by atoms with E-state index >= 15 is 0 Å². The van der Waals surface area contributed by atoms with Crippen molar-refractivity contribution in [1.82, 2.24) is 9.88 Å². The second kappa shape index (κ2) is 5.71. The molecule has 0 spiro atoms. The van der Waals surface area contributed by atoms with Crippen molar-refractivity contribution < 1.29 is 9.53 Å². The van der Waals surface area contributed by atoms with Crippen LogP contribution in [0, 0.1) is 0 Å². The van der Waals surface area contributed by atoms with Crippen molar-refractivity contribution in [2.45, 2.75) is 6.10 Å². The Morgan fingerprint density at radius 1 is 1.45 bits per heavy atom. The topological polar surface area (TPSA) is 42.4 Å². The zero-order chi connectivity index (χ0) is 14.1.